The summed E-state index contributed by atoms with van der Waals surface area (Å²) >= 11 is 0. The fraction of sp³-hybridized carbons (Fsp3) is 0.846. The smallest absolute Gasteiger partial charge is 0.320 e. The summed E-state index contributed by atoms with van der Waals surface area (Å²) in [5, 5.41) is 0. The predicted molar refractivity (Wildman–Crippen MR) is 67.0 cm³/mol. The van der Waals surface area contributed by atoms with Crippen molar-refractivity contribution in [1.29, 1.82) is 0 Å². The second-order valence-corrected chi connectivity index (χ2v) is 4.86. The standard InChI is InChI=1S/C13H23NO4/c1-4-17-13(16)11-6-5-7-14(8-11)9-12(15)18-10(2)3/h10-11H,4-9H2,1-3H3/t11-/m1/s1. The third-order valence-corrected chi connectivity index (χ3v) is 2.85. The Morgan fingerprint density at radius 1 is 1.39 bits per heavy atom. The molecule has 0 aliphatic carbocycles. The van der Waals surface area contributed by atoms with E-state index in [1.54, 1.807) is 6.92 Å². The van der Waals surface area contributed by atoms with Gasteiger partial charge in [-0.05, 0) is 40.2 Å². The summed E-state index contributed by atoms with van der Waals surface area (Å²) in [5.74, 6) is -0.487. The number of piperidine rings is 1. The summed E-state index contributed by atoms with van der Waals surface area (Å²) in [6.07, 6.45) is 1.66. The topological polar surface area (TPSA) is 55.8 Å². The van der Waals surface area contributed by atoms with Crippen LogP contribution in [0.4, 0.5) is 0 Å². The number of nitrogens with zero attached hydrogens (tertiary/aromatic N) is 1. The van der Waals surface area contributed by atoms with Crippen molar-refractivity contribution in [2.75, 3.05) is 26.2 Å². The van der Waals surface area contributed by atoms with E-state index in [1.165, 1.54) is 0 Å². The van der Waals surface area contributed by atoms with Crippen molar-refractivity contribution < 1.29 is 19.1 Å². The zero-order valence-electron chi connectivity index (χ0n) is 11.5. The monoisotopic (exact) mass is 257 g/mol. The van der Waals surface area contributed by atoms with Gasteiger partial charge in [0.25, 0.3) is 0 Å². The number of rotatable bonds is 5. The van der Waals surface area contributed by atoms with Gasteiger partial charge < -0.3 is 9.47 Å². The van der Waals surface area contributed by atoms with Crippen LogP contribution in [0.1, 0.15) is 33.6 Å². The van der Waals surface area contributed by atoms with Crippen molar-refractivity contribution in [2.45, 2.75) is 39.7 Å². The van der Waals surface area contributed by atoms with Gasteiger partial charge in [-0.2, -0.15) is 0 Å². The van der Waals surface area contributed by atoms with E-state index < -0.39 is 0 Å². The van der Waals surface area contributed by atoms with Gasteiger partial charge in [0.05, 0.1) is 25.2 Å². The average molecular weight is 257 g/mol. The minimum Gasteiger partial charge on any atom is -0.466 e. The van der Waals surface area contributed by atoms with E-state index in [2.05, 4.69) is 0 Å². The van der Waals surface area contributed by atoms with Gasteiger partial charge in [0.2, 0.25) is 0 Å². The van der Waals surface area contributed by atoms with Crippen molar-refractivity contribution in [3.63, 3.8) is 0 Å². The second-order valence-electron chi connectivity index (χ2n) is 4.86. The molecular weight excluding hydrogens is 234 g/mol. The summed E-state index contributed by atoms with van der Waals surface area (Å²) in [5.41, 5.74) is 0. The molecule has 0 spiro atoms. The molecular formula is C13H23NO4. The Hall–Kier alpha value is -1.10. The van der Waals surface area contributed by atoms with Crippen LogP contribution in [-0.2, 0) is 19.1 Å². The first-order valence-electron chi connectivity index (χ1n) is 6.61. The van der Waals surface area contributed by atoms with Crippen molar-refractivity contribution in [2.24, 2.45) is 5.92 Å². The Kier molecular flexibility index (Phi) is 6.12. The Morgan fingerprint density at radius 2 is 2.11 bits per heavy atom. The van der Waals surface area contributed by atoms with E-state index in [0.29, 0.717) is 13.2 Å². The second kappa shape index (κ2) is 7.36. The molecule has 1 fully saturated rings. The molecule has 0 aromatic heterocycles. The van der Waals surface area contributed by atoms with E-state index in [1.807, 2.05) is 18.7 Å². The van der Waals surface area contributed by atoms with Crippen LogP contribution in [0.25, 0.3) is 0 Å². The van der Waals surface area contributed by atoms with Gasteiger partial charge in [0.15, 0.2) is 0 Å². The van der Waals surface area contributed by atoms with Crippen LogP contribution in [0.15, 0.2) is 0 Å². The van der Waals surface area contributed by atoms with Gasteiger partial charge in [0, 0.05) is 6.54 Å². The lowest BCUT2D eigenvalue weighted by Gasteiger charge is -2.30. The Labute approximate surface area is 108 Å². The van der Waals surface area contributed by atoms with Gasteiger partial charge in [-0.25, -0.2) is 0 Å². The van der Waals surface area contributed by atoms with Gasteiger partial charge in [-0.15, -0.1) is 0 Å². The molecule has 1 heterocycles. The van der Waals surface area contributed by atoms with Crippen LogP contribution < -0.4 is 0 Å². The van der Waals surface area contributed by atoms with Crippen molar-refractivity contribution in [3.05, 3.63) is 0 Å². The molecule has 1 aliphatic rings. The first kappa shape index (κ1) is 15.0. The van der Waals surface area contributed by atoms with Crippen LogP contribution in [0.3, 0.4) is 0 Å². The number of hydrogen-bond acceptors (Lipinski definition) is 5. The molecule has 0 aromatic carbocycles. The maximum atomic E-state index is 11.6. The summed E-state index contributed by atoms with van der Waals surface area (Å²) in [6, 6.07) is 0. The summed E-state index contributed by atoms with van der Waals surface area (Å²) in [7, 11) is 0. The Balaban J connectivity index is 2.39. The molecule has 18 heavy (non-hydrogen) atoms. The molecule has 0 aromatic rings. The van der Waals surface area contributed by atoms with Crippen LogP contribution in [0, 0.1) is 5.92 Å². The Morgan fingerprint density at radius 3 is 2.72 bits per heavy atom. The minimum absolute atomic E-state index is 0.0943. The van der Waals surface area contributed by atoms with Crippen LogP contribution in [-0.4, -0.2) is 49.2 Å². The normalized spacial score (nSPS) is 20.8. The third-order valence-electron chi connectivity index (χ3n) is 2.85. The number of hydrogen-bond donors (Lipinski definition) is 0. The van der Waals surface area contributed by atoms with Gasteiger partial charge in [-0.1, -0.05) is 0 Å². The predicted octanol–water partition coefficient (Wildman–Crippen LogP) is 1.21. The van der Waals surface area contributed by atoms with Crippen molar-refractivity contribution in [1.82, 2.24) is 4.90 Å². The van der Waals surface area contributed by atoms with E-state index >= 15 is 0 Å². The first-order valence-corrected chi connectivity index (χ1v) is 6.61. The van der Waals surface area contributed by atoms with Crippen molar-refractivity contribution in [3.8, 4) is 0 Å². The minimum atomic E-state index is -0.227. The summed E-state index contributed by atoms with van der Waals surface area (Å²) in [6.45, 7) is 7.55. The zero-order valence-corrected chi connectivity index (χ0v) is 11.5. The van der Waals surface area contributed by atoms with Crippen LogP contribution >= 0.6 is 0 Å². The molecule has 5 heteroatoms. The maximum absolute atomic E-state index is 11.6. The highest BCUT2D eigenvalue weighted by Gasteiger charge is 2.28. The van der Waals surface area contributed by atoms with Gasteiger partial charge >= 0.3 is 11.9 Å². The fourth-order valence-electron chi connectivity index (χ4n) is 2.13. The third kappa shape index (κ3) is 5.04. The molecule has 0 bridgehead atoms. The molecule has 104 valence electrons. The number of ether oxygens (including phenoxy) is 2. The lowest BCUT2D eigenvalue weighted by atomic mass is 9.98. The SMILES string of the molecule is CCOC(=O)[C@@H]1CCCN(CC(=O)OC(C)C)C1. The maximum Gasteiger partial charge on any atom is 0.320 e. The average Bonchev–Trinajstić information content (AvgIpc) is 2.28. The van der Waals surface area contributed by atoms with Gasteiger partial charge in [0.1, 0.15) is 0 Å². The highest BCUT2D eigenvalue weighted by molar-refractivity contribution is 5.74. The zero-order chi connectivity index (χ0) is 13.5. The molecule has 0 N–H and O–H groups in total. The lowest BCUT2D eigenvalue weighted by molar-refractivity contribution is -0.154. The van der Waals surface area contributed by atoms with E-state index in [9.17, 15) is 9.59 Å². The molecule has 5 nitrogen and oxygen atoms in total. The quantitative estimate of drug-likeness (QED) is 0.693. The number of carbonyl (C=O) groups excluding carboxylic acids is 2. The highest BCUT2D eigenvalue weighted by Crippen LogP contribution is 2.17. The molecule has 1 aliphatic heterocycles. The summed E-state index contributed by atoms with van der Waals surface area (Å²) < 4.78 is 10.1. The molecule has 0 unspecified atom stereocenters. The molecule has 1 rings (SSSR count). The molecule has 1 atom stereocenters. The molecule has 0 amide bonds. The number of carbonyl (C=O) groups is 2. The first-order chi connectivity index (χ1) is 8.52. The number of likely N-dealkylation sites (tertiary alicyclic amines) is 1. The lowest BCUT2D eigenvalue weighted by Crippen LogP contribution is -2.42. The molecule has 0 saturated carbocycles. The van der Waals surface area contributed by atoms with E-state index in [-0.39, 0.29) is 30.5 Å². The van der Waals surface area contributed by atoms with E-state index in [0.717, 1.165) is 19.4 Å². The number of esters is 2. The van der Waals surface area contributed by atoms with Crippen LogP contribution in [0.5, 0.6) is 0 Å². The Bertz CT molecular complexity index is 291. The summed E-state index contributed by atoms with van der Waals surface area (Å²) in [4.78, 5) is 25.2. The van der Waals surface area contributed by atoms with E-state index in [4.69, 9.17) is 9.47 Å². The van der Waals surface area contributed by atoms with Gasteiger partial charge in [-0.3, -0.25) is 14.5 Å². The van der Waals surface area contributed by atoms with Crippen molar-refractivity contribution >= 4 is 11.9 Å². The molecule has 1 saturated heterocycles. The molecule has 0 radical (unpaired) electrons. The largest absolute Gasteiger partial charge is 0.466 e. The van der Waals surface area contributed by atoms with Crippen LogP contribution in [0.2, 0.25) is 0 Å². The highest BCUT2D eigenvalue weighted by atomic mass is 16.5. The fourth-order valence-corrected chi connectivity index (χ4v) is 2.13.